The van der Waals surface area contributed by atoms with Crippen LogP contribution < -0.4 is 5.32 Å². The van der Waals surface area contributed by atoms with Crippen LogP contribution in [0, 0.1) is 6.92 Å². The zero-order valence-corrected chi connectivity index (χ0v) is 9.36. The first kappa shape index (κ1) is 11.0. The van der Waals surface area contributed by atoms with Crippen molar-refractivity contribution in [1.29, 1.82) is 0 Å². The van der Waals surface area contributed by atoms with Crippen LogP contribution in [-0.4, -0.2) is 36.3 Å². The van der Waals surface area contributed by atoms with E-state index in [2.05, 4.69) is 20.3 Å². The van der Waals surface area contributed by atoms with Crippen molar-refractivity contribution in [1.82, 2.24) is 9.97 Å². The molecule has 86 valence electrons. The Balaban J connectivity index is 1.99. The third-order valence-corrected chi connectivity index (χ3v) is 2.09. The maximum absolute atomic E-state index is 5.20. The van der Waals surface area contributed by atoms with E-state index in [1.165, 1.54) is 0 Å². The number of aliphatic imine (C=N–C) groups is 1. The van der Waals surface area contributed by atoms with Crippen molar-refractivity contribution in [3.8, 4) is 0 Å². The fourth-order valence-electron chi connectivity index (χ4n) is 1.39. The van der Waals surface area contributed by atoms with E-state index >= 15 is 0 Å². The van der Waals surface area contributed by atoms with Gasteiger partial charge >= 0.3 is 0 Å². The number of nitrogens with one attached hydrogen (secondary N) is 1. The minimum absolute atomic E-state index is 0.257. The van der Waals surface area contributed by atoms with Crippen LogP contribution in [-0.2, 0) is 16.0 Å². The summed E-state index contributed by atoms with van der Waals surface area (Å²) in [6.07, 6.45) is 1.73. The highest BCUT2D eigenvalue weighted by molar-refractivity contribution is 5.97. The standard InChI is InChI=1S/C10H14N4O2/c1-7-3-12-10-8(13-7)4-11-9(14-10)5-16-6-15-2/h3H,4-6H2,1-2H3,(H,11,12,14). The van der Waals surface area contributed by atoms with Gasteiger partial charge in [-0.2, -0.15) is 0 Å². The smallest absolute Gasteiger partial charge is 0.155 e. The quantitative estimate of drug-likeness (QED) is 0.600. The molecular formula is C10H14N4O2. The largest absolute Gasteiger partial charge is 0.359 e. The Labute approximate surface area is 93.7 Å². The molecule has 0 saturated carbocycles. The second kappa shape index (κ2) is 5.00. The lowest BCUT2D eigenvalue weighted by atomic mass is 10.3. The lowest BCUT2D eigenvalue weighted by molar-refractivity contribution is -0.0145. The summed E-state index contributed by atoms with van der Waals surface area (Å²) in [5, 5.41) is 3.08. The van der Waals surface area contributed by atoms with Crippen molar-refractivity contribution in [2.45, 2.75) is 13.5 Å². The molecule has 0 amide bonds. The Morgan fingerprint density at radius 3 is 3.19 bits per heavy atom. The Kier molecular flexibility index (Phi) is 3.43. The molecule has 0 aromatic carbocycles. The van der Waals surface area contributed by atoms with Crippen LogP contribution in [0.1, 0.15) is 11.4 Å². The molecule has 0 atom stereocenters. The van der Waals surface area contributed by atoms with Gasteiger partial charge < -0.3 is 14.8 Å². The number of ether oxygens (including phenoxy) is 2. The fourth-order valence-corrected chi connectivity index (χ4v) is 1.39. The molecule has 0 unspecified atom stereocenters. The minimum Gasteiger partial charge on any atom is -0.359 e. The number of aryl methyl sites for hydroxylation is 1. The van der Waals surface area contributed by atoms with Crippen molar-refractivity contribution >= 4 is 11.7 Å². The summed E-state index contributed by atoms with van der Waals surface area (Å²) < 4.78 is 9.98. The number of hydrogen-bond acceptors (Lipinski definition) is 6. The molecule has 2 rings (SSSR count). The first-order valence-corrected chi connectivity index (χ1v) is 4.99. The van der Waals surface area contributed by atoms with Gasteiger partial charge in [0, 0.05) is 7.11 Å². The van der Waals surface area contributed by atoms with E-state index in [4.69, 9.17) is 9.47 Å². The van der Waals surface area contributed by atoms with Gasteiger partial charge in [0.15, 0.2) is 5.82 Å². The molecule has 1 aliphatic rings. The van der Waals surface area contributed by atoms with Crippen LogP contribution in [0.25, 0.3) is 0 Å². The van der Waals surface area contributed by atoms with Crippen molar-refractivity contribution in [2.75, 3.05) is 25.8 Å². The number of nitrogens with zero attached hydrogens (tertiary/aromatic N) is 3. The average Bonchev–Trinajstić information content (AvgIpc) is 2.29. The third-order valence-electron chi connectivity index (χ3n) is 2.09. The van der Waals surface area contributed by atoms with Crippen molar-refractivity contribution < 1.29 is 9.47 Å². The van der Waals surface area contributed by atoms with Gasteiger partial charge in [-0.05, 0) is 6.92 Å². The molecule has 0 aliphatic carbocycles. The number of amidine groups is 1. The Morgan fingerprint density at radius 1 is 1.50 bits per heavy atom. The van der Waals surface area contributed by atoms with Crippen molar-refractivity contribution in [3.05, 3.63) is 17.6 Å². The number of anilines is 1. The second-order valence-electron chi connectivity index (χ2n) is 3.45. The molecule has 1 N–H and O–H groups in total. The van der Waals surface area contributed by atoms with Gasteiger partial charge in [0.2, 0.25) is 0 Å². The molecule has 0 fully saturated rings. The van der Waals surface area contributed by atoms with E-state index in [9.17, 15) is 0 Å². The lowest BCUT2D eigenvalue weighted by Crippen LogP contribution is -2.25. The normalized spacial score (nSPS) is 14.0. The van der Waals surface area contributed by atoms with E-state index < -0.39 is 0 Å². The SMILES string of the molecule is COCOCC1=NCc2nc(C)cnc2N1. The molecule has 6 nitrogen and oxygen atoms in total. The molecule has 0 spiro atoms. The molecule has 1 aliphatic heterocycles. The highest BCUT2D eigenvalue weighted by Crippen LogP contribution is 2.15. The summed E-state index contributed by atoms with van der Waals surface area (Å²) in [7, 11) is 1.58. The van der Waals surface area contributed by atoms with Crippen LogP contribution in [0.2, 0.25) is 0 Å². The predicted octanol–water partition coefficient (Wildman–Crippen LogP) is 0.730. The molecule has 1 aromatic heterocycles. The first-order valence-electron chi connectivity index (χ1n) is 4.99. The first-order chi connectivity index (χ1) is 7.79. The zero-order chi connectivity index (χ0) is 11.4. The number of methoxy groups -OCH3 is 1. The van der Waals surface area contributed by atoms with Gasteiger partial charge in [0.25, 0.3) is 0 Å². The summed E-state index contributed by atoms with van der Waals surface area (Å²) in [4.78, 5) is 12.9. The van der Waals surface area contributed by atoms with E-state index in [0.29, 0.717) is 13.2 Å². The Hall–Kier alpha value is -1.53. The summed E-state index contributed by atoms with van der Waals surface area (Å²) in [5.74, 6) is 1.51. The second-order valence-corrected chi connectivity index (χ2v) is 3.45. The van der Waals surface area contributed by atoms with Crippen LogP contribution in [0.3, 0.4) is 0 Å². The number of rotatable bonds is 4. The summed E-state index contributed by atoms with van der Waals surface area (Å²) >= 11 is 0. The molecule has 0 radical (unpaired) electrons. The van der Waals surface area contributed by atoms with Gasteiger partial charge in [0.05, 0.1) is 18.4 Å². The number of hydrogen-bond donors (Lipinski definition) is 1. The van der Waals surface area contributed by atoms with Crippen LogP contribution in [0.15, 0.2) is 11.2 Å². The zero-order valence-electron chi connectivity index (χ0n) is 9.36. The monoisotopic (exact) mass is 222 g/mol. The summed E-state index contributed by atoms with van der Waals surface area (Å²) in [6.45, 7) is 3.10. The Bertz CT molecular complexity index is 406. The van der Waals surface area contributed by atoms with E-state index in [1.807, 2.05) is 6.92 Å². The van der Waals surface area contributed by atoms with Gasteiger partial charge in [-0.25, -0.2) is 4.98 Å². The average molecular weight is 222 g/mol. The third kappa shape index (κ3) is 2.53. The topological polar surface area (TPSA) is 68.6 Å². The maximum Gasteiger partial charge on any atom is 0.155 e. The molecule has 1 aromatic rings. The molecule has 6 heteroatoms. The fraction of sp³-hybridized carbons (Fsp3) is 0.500. The van der Waals surface area contributed by atoms with E-state index in [-0.39, 0.29) is 6.79 Å². The Morgan fingerprint density at radius 2 is 2.38 bits per heavy atom. The van der Waals surface area contributed by atoms with E-state index in [0.717, 1.165) is 23.0 Å². The van der Waals surface area contributed by atoms with Gasteiger partial charge in [-0.1, -0.05) is 0 Å². The number of aromatic nitrogens is 2. The summed E-state index contributed by atoms with van der Waals surface area (Å²) in [6, 6.07) is 0. The lowest BCUT2D eigenvalue weighted by Gasteiger charge is -2.16. The van der Waals surface area contributed by atoms with Crippen molar-refractivity contribution in [2.24, 2.45) is 4.99 Å². The summed E-state index contributed by atoms with van der Waals surface area (Å²) in [5.41, 5.74) is 1.77. The molecule has 2 heterocycles. The van der Waals surface area contributed by atoms with Gasteiger partial charge in [-0.3, -0.25) is 9.98 Å². The highest BCUT2D eigenvalue weighted by atomic mass is 16.7. The van der Waals surface area contributed by atoms with E-state index in [1.54, 1.807) is 13.3 Å². The minimum atomic E-state index is 0.257. The van der Waals surface area contributed by atoms with Gasteiger partial charge in [-0.15, -0.1) is 0 Å². The predicted molar refractivity (Wildman–Crippen MR) is 59.4 cm³/mol. The molecular weight excluding hydrogens is 208 g/mol. The van der Waals surface area contributed by atoms with Gasteiger partial charge in [0.1, 0.15) is 24.9 Å². The molecule has 0 saturated heterocycles. The van der Waals surface area contributed by atoms with Crippen molar-refractivity contribution in [3.63, 3.8) is 0 Å². The molecule has 16 heavy (non-hydrogen) atoms. The number of fused-ring (bicyclic) bond motifs is 1. The molecule has 0 bridgehead atoms. The van der Waals surface area contributed by atoms with Crippen LogP contribution >= 0.6 is 0 Å². The highest BCUT2D eigenvalue weighted by Gasteiger charge is 2.13. The maximum atomic E-state index is 5.20. The van der Waals surface area contributed by atoms with Crippen LogP contribution in [0.4, 0.5) is 5.82 Å². The van der Waals surface area contributed by atoms with Crippen LogP contribution in [0.5, 0.6) is 0 Å².